The highest BCUT2D eigenvalue weighted by molar-refractivity contribution is 5.85. The molecular weight excluding hydrogens is 331 g/mol. The second kappa shape index (κ2) is 12.7. The number of nitrogens with one attached hydrogen (secondary N) is 1. The van der Waals surface area contributed by atoms with E-state index in [0.29, 0.717) is 39.3 Å². The van der Waals surface area contributed by atoms with E-state index in [-0.39, 0.29) is 43.2 Å². The average Bonchev–Trinajstić information content (AvgIpc) is 2.45. The molecule has 22 heavy (non-hydrogen) atoms. The monoisotopic (exact) mass is 356 g/mol. The first kappa shape index (κ1) is 23.4. The molecule has 1 fully saturated rings. The second-order valence-corrected chi connectivity index (χ2v) is 4.76. The number of nitrogens with two attached hydrogens (primary N) is 1. The molecule has 0 aliphatic carbocycles. The molecule has 1 unspecified atom stereocenters. The number of halogens is 2. The number of hydrogen-bond donors (Lipinski definition) is 2. The smallest absolute Gasteiger partial charge is 0.241 e. The van der Waals surface area contributed by atoms with Gasteiger partial charge in [0.05, 0.1) is 13.2 Å². The number of carbonyl (C=O) groups is 2. The Morgan fingerprint density at radius 3 is 2.41 bits per heavy atom. The summed E-state index contributed by atoms with van der Waals surface area (Å²) in [7, 11) is 1.52. The predicted octanol–water partition coefficient (Wildman–Crippen LogP) is -0.750. The largest absolute Gasteiger partial charge is 0.383 e. The molecule has 7 nitrogen and oxygen atoms in total. The molecule has 0 radical (unpaired) electrons. The molecule has 1 aliphatic rings. The minimum Gasteiger partial charge on any atom is -0.383 e. The van der Waals surface area contributed by atoms with Gasteiger partial charge in [-0.05, 0) is 0 Å². The molecule has 0 aromatic carbocycles. The van der Waals surface area contributed by atoms with Crippen LogP contribution in [0, 0.1) is 0 Å². The van der Waals surface area contributed by atoms with Crippen molar-refractivity contribution in [1.82, 2.24) is 15.1 Å². The van der Waals surface area contributed by atoms with E-state index in [1.165, 1.54) is 7.11 Å². The van der Waals surface area contributed by atoms with Crippen LogP contribution in [0.2, 0.25) is 0 Å². The third kappa shape index (κ3) is 7.95. The number of ether oxygens (including phenoxy) is 1. The zero-order chi connectivity index (χ0) is 15.0. The summed E-state index contributed by atoms with van der Waals surface area (Å²) >= 11 is 0. The van der Waals surface area contributed by atoms with Crippen molar-refractivity contribution >= 4 is 36.6 Å². The van der Waals surface area contributed by atoms with Crippen LogP contribution in [0.4, 0.5) is 0 Å². The Balaban J connectivity index is 0. The van der Waals surface area contributed by atoms with Gasteiger partial charge in [0.1, 0.15) is 6.04 Å². The highest BCUT2D eigenvalue weighted by Gasteiger charge is 2.25. The Labute approximate surface area is 144 Å². The van der Waals surface area contributed by atoms with Crippen molar-refractivity contribution in [3.63, 3.8) is 0 Å². The molecule has 1 heterocycles. The number of hydrogen-bond acceptors (Lipinski definition) is 5. The molecule has 1 aliphatic heterocycles. The number of nitrogens with zero attached hydrogens (tertiary/aromatic N) is 2. The van der Waals surface area contributed by atoms with Crippen LogP contribution in [0.1, 0.15) is 0 Å². The number of carbonyl (C=O) groups excluding carboxylic acids is 2. The molecule has 1 rings (SSSR count). The predicted molar refractivity (Wildman–Crippen MR) is 90.6 cm³/mol. The molecule has 1 saturated heterocycles. The first-order valence-corrected chi connectivity index (χ1v) is 6.71. The van der Waals surface area contributed by atoms with Gasteiger partial charge >= 0.3 is 0 Å². The van der Waals surface area contributed by atoms with Gasteiger partial charge in [-0.3, -0.25) is 14.5 Å². The molecule has 9 heteroatoms. The topological polar surface area (TPSA) is 87.9 Å². The summed E-state index contributed by atoms with van der Waals surface area (Å²) in [5.74, 6) is -0.122. The summed E-state index contributed by atoms with van der Waals surface area (Å²) in [4.78, 5) is 27.3. The fraction of sp³-hybridized carbons (Fsp3) is 0.692. The summed E-state index contributed by atoms with van der Waals surface area (Å²) in [6.45, 7) is 7.12. The van der Waals surface area contributed by atoms with Crippen molar-refractivity contribution in [2.24, 2.45) is 5.73 Å². The minimum absolute atomic E-state index is 0. The number of piperazine rings is 1. The van der Waals surface area contributed by atoms with Gasteiger partial charge in [-0.15, -0.1) is 31.4 Å². The summed E-state index contributed by atoms with van der Waals surface area (Å²) in [5.41, 5.74) is 5.73. The molecule has 0 aromatic rings. The highest BCUT2D eigenvalue weighted by atomic mass is 35.5. The van der Waals surface area contributed by atoms with Crippen molar-refractivity contribution in [3.8, 4) is 0 Å². The molecule has 1 atom stereocenters. The van der Waals surface area contributed by atoms with Gasteiger partial charge < -0.3 is 20.7 Å². The fourth-order valence-corrected chi connectivity index (χ4v) is 2.06. The highest BCUT2D eigenvalue weighted by Crippen LogP contribution is 2.03. The first-order chi connectivity index (χ1) is 9.58. The van der Waals surface area contributed by atoms with Crippen LogP contribution in [0.5, 0.6) is 0 Å². The molecule has 2 amide bonds. The van der Waals surface area contributed by atoms with E-state index in [1.54, 1.807) is 11.0 Å². The lowest BCUT2D eigenvalue weighted by Gasteiger charge is -2.35. The van der Waals surface area contributed by atoms with E-state index in [0.717, 1.165) is 0 Å². The number of rotatable bonds is 7. The van der Waals surface area contributed by atoms with Crippen molar-refractivity contribution in [1.29, 1.82) is 0 Å². The van der Waals surface area contributed by atoms with Crippen LogP contribution < -0.4 is 11.1 Å². The lowest BCUT2D eigenvalue weighted by Crippen LogP contribution is -2.55. The van der Waals surface area contributed by atoms with E-state index in [4.69, 9.17) is 10.5 Å². The molecule has 0 saturated carbocycles. The number of methoxy groups -OCH3 is 1. The summed E-state index contributed by atoms with van der Waals surface area (Å²) in [6, 6.07) is -0.609. The molecule has 0 spiro atoms. The Morgan fingerprint density at radius 2 is 1.91 bits per heavy atom. The van der Waals surface area contributed by atoms with E-state index in [1.807, 2.05) is 4.90 Å². The molecular formula is C13H26Cl2N4O3. The summed E-state index contributed by atoms with van der Waals surface area (Å²) < 4.78 is 4.88. The van der Waals surface area contributed by atoms with E-state index < -0.39 is 6.04 Å². The van der Waals surface area contributed by atoms with Crippen molar-refractivity contribution in [2.45, 2.75) is 6.04 Å². The van der Waals surface area contributed by atoms with E-state index >= 15 is 0 Å². The van der Waals surface area contributed by atoms with Crippen LogP contribution in [0.15, 0.2) is 12.7 Å². The van der Waals surface area contributed by atoms with Crippen LogP contribution in [-0.2, 0) is 14.3 Å². The van der Waals surface area contributed by atoms with E-state index in [2.05, 4.69) is 11.9 Å². The van der Waals surface area contributed by atoms with Gasteiger partial charge in [0, 0.05) is 39.8 Å². The molecule has 0 aromatic heterocycles. The third-order valence-corrected chi connectivity index (χ3v) is 3.16. The van der Waals surface area contributed by atoms with Crippen molar-refractivity contribution < 1.29 is 14.3 Å². The fourth-order valence-electron chi connectivity index (χ4n) is 2.06. The van der Waals surface area contributed by atoms with Gasteiger partial charge in [0.15, 0.2) is 0 Å². The Kier molecular flexibility index (Phi) is 13.5. The third-order valence-electron chi connectivity index (χ3n) is 3.16. The Morgan fingerprint density at radius 1 is 1.32 bits per heavy atom. The lowest BCUT2D eigenvalue weighted by molar-refractivity contribution is -0.135. The Hall–Kier alpha value is -0.860. The maximum absolute atomic E-state index is 12.0. The van der Waals surface area contributed by atoms with Crippen LogP contribution in [0.3, 0.4) is 0 Å². The molecule has 3 N–H and O–H groups in total. The normalized spacial score (nSPS) is 16.0. The van der Waals surface area contributed by atoms with Crippen LogP contribution >= 0.6 is 24.8 Å². The Bertz CT molecular complexity index is 350. The minimum atomic E-state index is -0.609. The van der Waals surface area contributed by atoms with E-state index in [9.17, 15) is 9.59 Å². The van der Waals surface area contributed by atoms with Gasteiger partial charge in [-0.1, -0.05) is 6.08 Å². The molecule has 130 valence electrons. The van der Waals surface area contributed by atoms with Crippen molar-refractivity contribution in [3.05, 3.63) is 12.7 Å². The van der Waals surface area contributed by atoms with Crippen LogP contribution in [-0.4, -0.2) is 80.6 Å². The zero-order valence-corrected chi connectivity index (χ0v) is 14.5. The molecule has 0 bridgehead atoms. The van der Waals surface area contributed by atoms with Gasteiger partial charge in [0.2, 0.25) is 11.8 Å². The van der Waals surface area contributed by atoms with Crippen molar-refractivity contribution in [2.75, 3.05) is 53.0 Å². The van der Waals surface area contributed by atoms with Gasteiger partial charge in [-0.2, -0.15) is 0 Å². The zero-order valence-electron chi connectivity index (χ0n) is 12.8. The van der Waals surface area contributed by atoms with Crippen LogP contribution in [0.25, 0.3) is 0 Å². The number of amides is 2. The van der Waals surface area contributed by atoms with Gasteiger partial charge in [0.25, 0.3) is 0 Å². The standard InChI is InChI=1S/C13H24N4O3.2ClH/c1-3-4-15-12(18)9-16-5-7-17(8-6-16)13(19)11(14)10-20-2;;/h3,11H,1,4-10,14H2,2H3,(H,15,18);2*1H. The quantitative estimate of drug-likeness (QED) is 0.586. The average molecular weight is 357 g/mol. The second-order valence-electron chi connectivity index (χ2n) is 4.76. The lowest BCUT2D eigenvalue weighted by atomic mass is 10.2. The maximum Gasteiger partial charge on any atom is 0.241 e. The maximum atomic E-state index is 12.0. The summed E-state index contributed by atoms with van der Waals surface area (Å²) in [5, 5.41) is 2.73. The van der Waals surface area contributed by atoms with Gasteiger partial charge in [-0.25, -0.2) is 0 Å². The summed E-state index contributed by atoms with van der Waals surface area (Å²) in [6.07, 6.45) is 1.64. The SMILES string of the molecule is C=CCNC(=O)CN1CCN(C(=O)C(N)COC)CC1.Cl.Cl. The first-order valence-electron chi connectivity index (χ1n) is 6.71.